The number of benzene rings is 1. The number of nitrogens with one attached hydrogen (secondary N) is 2. The molecule has 0 radical (unpaired) electrons. The number of rotatable bonds is 5. The van der Waals surface area contributed by atoms with E-state index >= 15 is 0 Å². The van der Waals surface area contributed by atoms with E-state index in [1.807, 2.05) is 45.0 Å². The Morgan fingerprint density at radius 3 is 2.48 bits per heavy atom. The minimum atomic E-state index is -0.506. The van der Waals surface area contributed by atoms with Crippen LogP contribution in [0, 0.1) is 0 Å². The summed E-state index contributed by atoms with van der Waals surface area (Å²) >= 11 is 0. The number of amides is 1. The first-order chi connectivity index (χ1) is 10.9. The lowest BCUT2D eigenvalue weighted by Gasteiger charge is -2.19. The fourth-order valence-corrected chi connectivity index (χ4v) is 1.88. The fourth-order valence-electron chi connectivity index (χ4n) is 1.88. The van der Waals surface area contributed by atoms with Gasteiger partial charge in [-0.25, -0.2) is 4.79 Å². The smallest absolute Gasteiger partial charge is 0.412 e. The Labute approximate surface area is 136 Å². The fraction of sp³-hybridized carbons (Fsp3) is 0.353. The van der Waals surface area contributed by atoms with Crippen LogP contribution in [0.5, 0.6) is 0 Å². The van der Waals surface area contributed by atoms with E-state index in [1.165, 1.54) is 0 Å². The largest absolute Gasteiger partial charge is 0.444 e. The monoisotopic (exact) mass is 314 g/mol. The Kier molecular flexibility index (Phi) is 5.65. The number of hydrogen-bond acceptors (Lipinski definition) is 5. The highest BCUT2D eigenvalue weighted by Gasteiger charge is 2.15. The number of carbonyl (C=O) groups excluding carboxylic acids is 1. The molecule has 2 aromatic rings. The van der Waals surface area contributed by atoms with Crippen LogP contribution in [-0.2, 0) is 17.8 Å². The lowest BCUT2D eigenvalue weighted by atomic mass is 10.2. The Morgan fingerprint density at radius 1 is 1.13 bits per heavy atom. The highest BCUT2D eigenvalue weighted by atomic mass is 16.6. The molecular weight excluding hydrogens is 292 g/mol. The maximum Gasteiger partial charge on any atom is 0.412 e. The molecule has 0 aliphatic heterocycles. The number of nitrogens with zero attached hydrogens (tertiary/aromatic N) is 2. The number of hydrogen-bond donors (Lipinski definition) is 2. The molecule has 0 spiro atoms. The van der Waals surface area contributed by atoms with Gasteiger partial charge in [0.05, 0.1) is 5.69 Å². The van der Waals surface area contributed by atoms with E-state index in [-0.39, 0.29) is 0 Å². The molecule has 0 bridgehead atoms. The molecule has 0 atom stereocenters. The second-order valence-electron chi connectivity index (χ2n) is 6.12. The zero-order chi connectivity index (χ0) is 16.7. The van der Waals surface area contributed by atoms with E-state index in [0.717, 1.165) is 11.3 Å². The molecule has 2 N–H and O–H groups in total. The quantitative estimate of drug-likeness (QED) is 0.887. The summed E-state index contributed by atoms with van der Waals surface area (Å²) in [6.45, 7) is 6.87. The van der Waals surface area contributed by atoms with Gasteiger partial charge in [-0.05, 0) is 38.5 Å². The average Bonchev–Trinajstić information content (AvgIpc) is 2.48. The number of aromatic nitrogens is 2. The van der Waals surface area contributed by atoms with Gasteiger partial charge >= 0.3 is 6.09 Å². The van der Waals surface area contributed by atoms with Crippen molar-refractivity contribution in [1.29, 1.82) is 0 Å². The van der Waals surface area contributed by atoms with Crippen molar-refractivity contribution in [3.63, 3.8) is 0 Å². The van der Waals surface area contributed by atoms with Crippen LogP contribution in [0.3, 0.4) is 0 Å². The highest BCUT2D eigenvalue weighted by Crippen LogP contribution is 2.13. The summed E-state index contributed by atoms with van der Waals surface area (Å²) in [7, 11) is 0. The number of ether oxygens (including phenoxy) is 1. The van der Waals surface area contributed by atoms with Crippen molar-refractivity contribution in [2.45, 2.75) is 39.5 Å². The zero-order valence-corrected chi connectivity index (χ0v) is 13.7. The van der Waals surface area contributed by atoms with E-state index in [2.05, 4.69) is 20.6 Å². The number of anilines is 1. The van der Waals surface area contributed by atoms with Gasteiger partial charge in [0.2, 0.25) is 0 Å². The van der Waals surface area contributed by atoms with Crippen molar-refractivity contribution in [2.24, 2.45) is 0 Å². The first kappa shape index (κ1) is 16.9. The highest BCUT2D eigenvalue weighted by molar-refractivity contribution is 5.84. The van der Waals surface area contributed by atoms with Gasteiger partial charge in [-0.15, -0.1) is 0 Å². The maximum atomic E-state index is 11.7. The summed E-state index contributed by atoms with van der Waals surface area (Å²) in [5.41, 5.74) is 2.21. The Bertz CT molecular complexity index is 621. The molecule has 1 heterocycles. The molecule has 0 aliphatic rings. The molecule has 0 fully saturated rings. The normalized spacial score (nSPS) is 11.1. The number of carbonyl (C=O) groups is 1. The molecule has 23 heavy (non-hydrogen) atoms. The van der Waals surface area contributed by atoms with Gasteiger partial charge in [0.15, 0.2) is 0 Å². The maximum absolute atomic E-state index is 11.7. The molecule has 0 saturated carbocycles. The standard InChI is InChI=1S/C17H22N4O2/c1-17(2,3)23-16(22)21-14-6-4-13(5-7-14)10-19-12-15-11-18-8-9-20-15/h4-9,11,19H,10,12H2,1-3H3,(H,21,22). The second-order valence-corrected chi connectivity index (χ2v) is 6.12. The van der Waals surface area contributed by atoms with Crippen molar-refractivity contribution >= 4 is 11.8 Å². The molecule has 6 heteroatoms. The third kappa shape index (κ3) is 6.44. The van der Waals surface area contributed by atoms with Crippen molar-refractivity contribution in [3.05, 3.63) is 54.1 Å². The molecule has 1 aromatic heterocycles. The van der Waals surface area contributed by atoms with Crippen LogP contribution < -0.4 is 10.6 Å². The lowest BCUT2D eigenvalue weighted by Crippen LogP contribution is -2.27. The summed E-state index contributed by atoms with van der Waals surface area (Å²) < 4.78 is 5.21. The van der Waals surface area contributed by atoms with Gasteiger partial charge in [0.1, 0.15) is 5.60 Å². The SMILES string of the molecule is CC(C)(C)OC(=O)Nc1ccc(CNCc2cnccn2)cc1. The third-order valence-electron chi connectivity index (χ3n) is 2.85. The van der Waals surface area contributed by atoms with E-state index in [9.17, 15) is 4.79 Å². The van der Waals surface area contributed by atoms with Gasteiger partial charge in [0.25, 0.3) is 0 Å². The van der Waals surface area contributed by atoms with Crippen LogP contribution in [0.15, 0.2) is 42.9 Å². The molecular formula is C17H22N4O2. The topological polar surface area (TPSA) is 76.1 Å². The summed E-state index contributed by atoms with van der Waals surface area (Å²) in [5, 5.41) is 6.00. The molecule has 122 valence electrons. The van der Waals surface area contributed by atoms with E-state index in [0.29, 0.717) is 18.8 Å². The Morgan fingerprint density at radius 2 is 1.87 bits per heavy atom. The zero-order valence-electron chi connectivity index (χ0n) is 13.7. The average molecular weight is 314 g/mol. The van der Waals surface area contributed by atoms with Crippen molar-refractivity contribution < 1.29 is 9.53 Å². The summed E-state index contributed by atoms with van der Waals surface area (Å²) in [4.78, 5) is 19.9. The Hall–Kier alpha value is -2.47. The van der Waals surface area contributed by atoms with Crippen molar-refractivity contribution in [3.8, 4) is 0 Å². The summed E-state index contributed by atoms with van der Waals surface area (Å²) in [6, 6.07) is 7.61. The second kappa shape index (κ2) is 7.69. The van der Waals surface area contributed by atoms with Crippen molar-refractivity contribution in [2.75, 3.05) is 5.32 Å². The summed E-state index contributed by atoms with van der Waals surface area (Å²) in [6.07, 6.45) is 4.61. The summed E-state index contributed by atoms with van der Waals surface area (Å²) in [5.74, 6) is 0. The molecule has 0 aliphatic carbocycles. The van der Waals surface area contributed by atoms with Gasteiger partial charge in [-0.2, -0.15) is 0 Å². The molecule has 0 saturated heterocycles. The first-order valence-corrected chi connectivity index (χ1v) is 7.47. The van der Waals surface area contributed by atoms with Crippen LogP contribution in [0.1, 0.15) is 32.0 Å². The minimum Gasteiger partial charge on any atom is -0.444 e. The molecule has 2 rings (SSSR count). The van der Waals surface area contributed by atoms with Crippen LogP contribution in [0.25, 0.3) is 0 Å². The Balaban J connectivity index is 1.79. The van der Waals surface area contributed by atoms with Gasteiger partial charge in [-0.1, -0.05) is 12.1 Å². The van der Waals surface area contributed by atoms with Gasteiger partial charge < -0.3 is 10.1 Å². The van der Waals surface area contributed by atoms with Gasteiger partial charge in [0, 0.05) is 37.4 Å². The molecule has 6 nitrogen and oxygen atoms in total. The predicted octanol–water partition coefficient (Wildman–Crippen LogP) is 3.11. The van der Waals surface area contributed by atoms with E-state index < -0.39 is 11.7 Å². The van der Waals surface area contributed by atoms with E-state index in [4.69, 9.17) is 4.74 Å². The minimum absolute atomic E-state index is 0.453. The van der Waals surface area contributed by atoms with Crippen molar-refractivity contribution in [1.82, 2.24) is 15.3 Å². The molecule has 1 amide bonds. The lowest BCUT2D eigenvalue weighted by molar-refractivity contribution is 0.0636. The first-order valence-electron chi connectivity index (χ1n) is 7.47. The molecule has 0 unspecified atom stereocenters. The molecule has 1 aromatic carbocycles. The van der Waals surface area contributed by atoms with Crippen LogP contribution >= 0.6 is 0 Å². The predicted molar refractivity (Wildman–Crippen MR) is 88.9 cm³/mol. The van der Waals surface area contributed by atoms with Crippen LogP contribution in [-0.4, -0.2) is 21.7 Å². The van der Waals surface area contributed by atoms with Crippen LogP contribution in [0.2, 0.25) is 0 Å². The van der Waals surface area contributed by atoms with Gasteiger partial charge in [-0.3, -0.25) is 15.3 Å². The van der Waals surface area contributed by atoms with Crippen LogP contribution in [0.4, 0.5) is 10.5 Å². The van der Waals surface area contributed by atoms with E-state index in [1.54, 1.807) is 18.6 Å². The third-order valence-corrected chi connectivity index (χ3v) is 2.85.